The van der Waals surface area contributed by atoms with Gasteiger partial charge in [-0.05, 0) is 25.1 Å². The van der Waals surface area contributed by atoms with Crippen LogP contribution in [0.2, 0.25) is 0 Å². The van der Waals surface area contributed by atoms with Gasteiger partial charge in [0.05, 0.1) is 12.3 Å². The summed E-state index contributed by atoms with van der Waals surface area (Å²) in [7, 11) is 0. The number of para-hydroxylation sites is 2. The molecule has 3 rings (SSSR count). The molecule has 112 valence electrons. The molecule has 4 nitrogen and oxygen atoms in total. The maximum atomic E-state index is 8.20. The number of hydrogen-bond acceptors (Lipinski definition) is 2. The fourth-order valence-corrected chi connectivity index (χ4v) is 2.43. The van der Waals surface area contributed by atoms with Crippen LogP contribution in [0.5, 0.6) is 5.75 Å². The van der Waals surface area contributed by atoms with Crippen LogP contribution >= 0.6 is 0 Å². The van der Waals surface area contributed by atoms with E-state index in [4.69, 9.17) is 10.1 Å². The number of aromatic amines is 1. The molecule has 3 aromatic rings. The van der Waals surface area contributed by atoms with Crippen LogP contribution in [0.25, 0.3) is 10.9 Å². The van der Waals surface area contributed by atoms with E-state index in [0.29, 0.717) is 19.0 Å². The predicted molar refractivity (Wildman–Crippen MR) is 89.6 cm³/mol. The standard InChI is InChI=1S/C18H19N3O/c1-2-22-17-10-6-4-8-14(17)12-20-18(19)16-11-13-7-3-5-9-15(13)21-16/h3-11,21H,2,12H2,1H3,(H2,19,20). The minimum absolute atomic E-state index is 0.377. The van der Waals surface area contributed by atoms with Gasteiger partial charge in [0.1, 0.15) is 11.6 Å². The average Bonchev–Trinajstić information content (AvgIpc) is 2.98. The highest BCUT2D eigenvalue weighted by Gasteiger charge is 2.07. The van der Waals surface area contributed by atoms with E-state index in [0.717, 1.165) is 27.9 Å². The van der Waals surface area contributed by atoms with Crippen LogP contribution in [0, 0.1) is 5.41 Å². The van der Waals surface area contributed by atoms with Gasteiger partial charge >= 0.3 is 0 Å². The summed E-state index contributed by atoms with van der Waals surface area (Å²) in [6.45, 7) is 3.16. The Bertz CT molecular complexity index is 759. The quantitative estimate of drug-likeness (QED) is 0.496. The van der Waals surface area contributed by atoms with Gasteiger partial charge in [-0.1, -0.05) is 36.4 Å². The van der Waals surface area contributed by atoms with Crippen molar-refractivity contribution in [3.8, 4) is 5.75 Å². The van der Waals surface area contributed by atoms with Crippen molar-refractivity contribution in [2.45, 2.75) is 13.5 Å². The Morgan fingerprint density at radius 2 is 1.91 bits per heavy atom. The number of benzene rings is 2. The monoisotopic (exact) mass is 293 g/mol. The van der Waals surface area contributed by atoms with Crippen molar-refractivity contribution in [2.24, 2.45) is 0 Å². The van der Waals surface area contributed by atoms with Crippen LogP contribution in [0.4, 0.5) is 0 Å². The summed E-state index contributed by atoms with van der Waals surface area (Å²) in [5.41, 5.74) is 2.87. The Morgan fingerprint density at radius 1 is 1.14 bits per heavy atom. The topological polar surface area (TPSA) is 60.9 Å². The Kier molecular flexibility index (Phi) is 4.10. The molecule has 0 saturated carbocycles. The number of H-pyrrole nitrogens is 1. The molecule has 0 atom stereocenters. The lowest BCUT2D eigenvalue weighted by Crippen LogP contribution is -2.23. The number of fused-ring (bicyclic) bond motifs is 1. The Hall–Kier alpha value is -2.75. The first-order chi connectivity index (χ1) is 10.8. The summed E-state index contributed by atoms with van der Waals surface area (Å²) < 4.78 is 5.60. The lowest BCUT2D eigenvalue weighted by molar-refractivity contribution is 0.336. The van der Waals surface area contributed by atoms with Crippen LogP contribution in [-0.4, -0.2) is 17.4 Å². The molecule has 22 heavy (non-hydrogen) atoms. The minimum Gasteiger partial charge on any atom is -0.494 e. The number of aromatic nitrogens is 1. The number of ether oxygens (including phenoxy) is 1. The third-order valence-electron chi connectivity index (χ3n) is 3.53. The summed E-state index contributed by atoms with van der Waals surface area (Å²) in [4.78, 5) is 3.25. The first-order valence-electron chi connectivity index (χ1n) is 7.39. The van der Waals surface area contributed by atoms with Gasteiger partial charge in [0.25, 0.3) is 0 Å². The van der Waals surface area contributed by atoms with E-state index in [9.17, 15) is 0 Å². The molecule has 0 fully saturated rings. The molecule has 3 N–H and O–H groups in total. The second kappa shape index (κ2) is 6.35. The van der Waals surface area contributed by atoms with Crippen LogP contribution in [-0.2, 0) is 6.54 Å². The Balaban J connectivity index is 1.72. The first kappa shape index (κ1) is 14.2. The van der Waals surface area contributed by atoms with Crippen molar-refractivity contribution in [1.82, 2.24) is 10.3 Å². The highest BCUT2D eigenvalue weighted by Crippen LogP contribution is 2.18. The number of rotatable bonds is 5. The lowest BCUT2D eigenvalue weighted by Gasteiger charge is -2.11. The van der Waals surface area contributed by atoms with E-state index in [2.05, 4.69) is 10.3 Å². The van der Waals surface area contributed by atoms with E-state index in [-0.39, 0.29) is 0 Å². The fraction of sp³-hybridized carbons (Fsp3) is 0.167. The molecule has 1 heterocycles. The molecule has 0 bridgehead atoms. The normalized spacial score (nSPS) is 10.6. The molecular formula is C18H19N3O. The second-order valence-corrected chi connectivity index (χ2v) is 5.04. The SMILES string of the molecule is CCOc1ccccc1CNC(=N)c1cc2ccccc2[nH]1. The average molecular weight is 293 g/mol. The van der Waals surface area contributed by atoms with E-state index in [1.165, 1.54) is 0 Å². The van der Waals surface area contributed by atoms with E-state index in [1.807, 2.05) is 61.5 Å². The van der Waals surface area contributed by atoms with Gasteiger partial charge in [0.15, 0.2) is 0 Å². The summed E-state index contributed by atoms with van der Waals surface area (Å²) in [5.74, 6) is 1.24. The van der Waals surface area contributed by atoms with Crippen molar-refractivity contribution in [3.63, 3.8) is 0 Å². The fourth-order valence-electron chi connectivity index (χ4n) is 2.43. The van der Waals surface area contributed by atoms with E-state index >= 15 is 0 Å². The summed E-state index contributed by atoms with van der Waals surface area (Å²) in [6.07, 6.45) is 0. The highest BCUT2D eigenvalue weighted by atomic mass is 16.5. The Morgan fingerprint density at radius 3 is 2.73 bits per heavy atom. The summed E-state index contributed by atoms with van der Waals surface area (Å²) in [5, 5.41) is 12.5. The van der Waals surface area contributed by atoms with Gasteiger partial charge in [-0.3, -0.25) is 5.41 Å². The van der Waals surface area contributed by atoms with Gasteiger partial charge in [-0.2, -0.15) is 0 Å². The molecule has 1 aromatic heterocycles. The predicted octanol–water partition coefficient (Wildman–Crippen LogP) is 3.68. The maximum Gasteiger partial charge on any atom is 0.142 e. The van der Waals surface area contributed by atoms with Crippen LogP contribution in [0.15, 0.2) is 54.6 Å². The van der Waals surface area contributed by atoms with Crippen molar-refractivity contribution in [2.75, 3.05) is 6.61 Å². The number of amidine groups is 1. The third kappa shape index (κ3) is 2.96. The van der Waals surface area contributed by atoms with Gasteiger partial charge in [-0.25, -0.2) is 0 Å². The molecule has 0 radical (unpaired) electrons. The van der Waals surface area contributed by atoms with Crippen LogP contribution < -0.4 is 10.1 Å². The second-order valence-electron chi connectivity index (χ2n) is 5.04. The zero-order valence-electron chi connectivity index (χ0n) is 12.5. The molecule has 0 saturated heterocycles. The van der Waals surface area contributed by atoms with Gasteiger partial charge in [0, 0.05) is 23.0 Å². The van der Waals surface area contributed by atoms with Crippen molar-refractivity contribution >= 4 is 16.7 Å². The molecule has 0 aliphatic rings. The van der Waals surface area contributed by atoms with Gasteiger partial charge in [0.2, 0.25) is 0 Å². The van der Waals surface area contributed by atoms with Crippen LogP contribution in [0.1, 0.15) is 18.2 Å². The van der Waals surface area contributed by atoms with Crippen LogP contribution in [0.3, 0.4) is 0 Å². The minimum atomic E-state index is 0.377. The zero-order chi connectivity index (χ0) is 15.4. The number of hydrogen-bond donors (Lipinski definition) is 3. The molecule has 4 heteroatoms. The zero-order valence-corrected chi connectivity index (χ0v) is 12.5. The Labute approximate surface area is 129 Å². The van der Waals surface area contributed by atoms with Gasteiger partial charge in [-0.15, -0.1) is 0 Å². The molecule has 0 spiro atoms. The van der Waals surface area contributed by atoms with Gasteiger partial charge < -0.3 is 15.0 Å². The highest BCUT2D eigenvalue weighted by molar-refractivity contribution is 5.99. The largest absolute Gasteiger partial charge is 0.494 e. The summed E-state index contributed by atoms with van der Waals surface area (Å²) >= 11 is 0. The molecule has 0 amide bonds. The van der Waals surface area contributed by atoms with Crippen molar-refractivity contribution in [1.29, 1.82) is 5.41 Å². The summed E-state index contributed by atoms with van der Waals surface area (Å²) in [6, 6.07) is 17.9. The first-order valence-corrected chi connectivity index (χ1v) is 7.39. The maximum absolute atomic E-state index is 8.20. The molecule has 0 aliphatic heterocycles. The molecular weight excluding hydrogens is 274 g/mol. The molecule has 0 aliphatic carbocycles. The van der Waals surface area contributed by atoms with Crippen molar-refractivity contribution < 1.29 is 4.74 Å². The third-order valence-corrected chi connectivity index (χ3v) is 3.53. The lowest BCUT2D eigenvalue weighted by atomic mass is 10.2. The molecule has 0 unspecified atom stereocenters. The number of nitrogens with one attached hydrogen (secondary N) is 3. The molecule has 2 aromatic carbocycles. The van der Waals surface area contributed by atoms with E-state index in [1.54, 1.807) is 0 Å². The van der Waals surface area contributed by atoms with E-state index < -0.39 is 0 Å². The van der Waals surface area contributed by atoms with Crippen molar-refractivity contribution in [3.05, 3.63) is 65.9 Å². The smallest absolute Gasteiger partial charge is 0.142 e.